The molecule has 7 nitrogen and oxygen atoms in total. The molecule has 2 heterocycles. The summed E-state index contributed by atoms with van der Waals surface area (Å²) in [6, 6.07) is 5.73. The Morgan fingerprint density at radius 3 is 2.62 bits per heavy atom. The van der Waals surface area contributed by atoms with Crippen molar-refractivity contribution in [3.63, 3.8) is 0 Å². The van der Waals surface area contributed by atoms with Crippen molar-refractivity contribution >= 4 is 17.3 Å². The maximum absolute atomic E-state index is 13.8. The second-order valence-electron chi connectivity index (χ2n) is 8.11. The van der Waals surface area contributed by atoms with Crippen LogP contribution in [0.3, 0.4) is 0 Å². The molecule has 0 spiro atoms. The molecule has 3 aromatic rings. The van der Waals surface area contributed by atoms with E-state index in [0.717, 1.165) is 12.1 Å². The van der Waals surface area contributed by atoms with Gasteiger partial charge in [0, 0.05) is 30.2 Å². The molecule has 0 saturated heterocycles. The van der Waals surface area contributed by atoms with E-state index in [9.17, 15) is 36.6 Å². The highest BCUT2D eigenvalue weighted by Crippen LogP contribution is 2.39. The molecule has 1 aromatic carbocycles. The van der Waals surface area contributed by atoms with Gasteiger partial charge in [0.1, 0.15) is 0 Å². The summed E-state index contributed by atoms with van der Waals surface area (Å²) in [5.74, 6) is -5.29. The molecule has 180 valence electrons. The Hall–Kier alpha value is -3.54. The van der Waals surface area contributed by atoms with Crippen LogP contribution in [0, 0.1) is 0 Å². The molecule has 2 aromatic heterocycles. The lowest BCUT2D eigenvalue weighted by molar-refractivity contribution is -0.137. The van der Waals surface area contributed by atoms with Gasteiger partial charge in [-0.15, -0.1) is 0 Å². The topological polar surface area (TPSA) is 110 Å². The van der Waals surface area contributed by atoms with E-state index in [1.165, 1.54) is 28.8 Å². The number of nitrogens with two attached hydrogens (primary N) is 1. The Morgan fingerprint density at radius 2 is 1.94 bits per heavy atom. The van der Waals surface area contributed by atoms with Crippen LogP contribution in [-0.4, -0.2) is 44.4 Å². The average Bonchev–Trinajstić information content (AvgIpc) is 3.15. The van der Waals surface area contributed by atoms with E-state index in [4.69, 9.17) is 5.73 Å². The number of nitrogens with zero attached hydrogens (tertiary/aromatic N) is 2. The van der Waals surface area contributed by atoms with Gasteiger partial charge in [0.25, 0.3) is 11.8 Å². The number of carbonyl (C=O) groups excluding carboxylic acids is 2. The summed E-state index contributed by atoms with van der Waals surface area (Å²) < 4.78 is 70.1. The lowest BCUT2D eigenvalue weighted by Crippen LogP contribution is -2.50. The average molecular weight is 482 g/mol. The zero-order valence-corrected chi connectivity index (χ0v) is 17.4. The quantitative estimate of drug-likeness (QED) is 0.495. The Balaban J connectivity index is 1.79. The minimum absolute atomic E-state index is 0.140. The number of carbonyl (C=O) groups is 2. The maximum Gasteiger partial charge on any atom is 0.417 e. The number of pyridine rings is 1. The summed E-state index contributed by atoms with van der Waals surface area (Å²) in [5, 5.41) is 12.3. The van der Waals surface area contributed by atoms with E-state index in [-0.39, 0.29) is 29.0 Å². The van der Waals surface area contributed by atoms with Gasteiger partial charge in [-0.3, -0.25) is 14.0 Å². The standard InChI is InChI=1S/C22H19F5N4O3/c23-21(24)7-6-16(32)14(10-21)29-20(34)11-4-5-13(22(25,26)27)12(9-11)17-15-3-1-2-8-31(15)19(30-17)18(28)33/h1-5,8-9,14,16,32H,6-7,10H2,(H2,28,33)(H,29,34)/t14-,16-/m0/s1. The number of hydrogen-bond donors (Lipinski definition) is 3. The molecule has 0 unspecified atom stereocenters. The number of aliphatic hydroxyl groups is 1. The van der Waals surface area contributed by atoms with Gasteiger partial charge in [0.05, 0.1) is 28.9 Å². The van der Waals surface area contributed by atoms with Crippen molar-refractivity contribution < 1.29 is 36.6 Å². The number of aromatic nitrogens is 2. The van der Waals surface area contributed by atoms with Crippen molar-refractivity contribution in [1.29, 1.82) is 0 Å². The minimum atomic E-state index is -4.83. The molecule has 2 atom stereocenters. The summed E-state index contributed by atoms with van der Waals surface area (Å²) >= 11 is 0. The van der Waals surface area contributed by atoms with Crippen LogP contribution in [0.25, 0.3) is 16.8 Å². The molecular formula is C22H19F5N4O3. The SMILES string of the molecule is NC(=O)c1nc(-c2cc(C(=O)N[C@H]3CC(F)(F)CC[C@@H]3O)ccc2C(F)(F)F)c2ccccn12. The predicted molar refractivity (Wildman–Crippen MR) is 110 cm³/mol. The first-order valence-electron chi connectivity index (χ1n) is 10.2. The number of amides is 2. The normalized spacial score (nSPS) is 20.3. The largest absolute Gasteiger partial charge is 0.417 e. The number of primary amides is 1. The van der Waals surface area contributed by atoms with Crippen molar-refractivity contribution in [2.75, 3.05) is 0 Å². The molecule has 1 aliphatic carbocycles. The number of rotatable bonds is 4. The number of alkyl halides is 5. The first-order valence-corrected chi connectivity index (χ1v) is 10.2. The lowest BCUT2D eigenvalue weighted by Gasteiger charge is -2.33. The van der Waals surface area contributed by atoms with E-state index in [0.29, 0.717) is 6.07 Å². The Bertz CT molecular complexity index is 1270. The molecule has 0 radical (unpaired) electrons. The molecular weight excluding hydrogens is 463 g/mol. The monoisotopic (exact) mass is 482 g/mol. The Labute approximate surface area is 189 Å². The second-order valence-corrected chi connectivity index (χ2v) is 8.11. The highest BCUT2D eigenvalue weighted by atomic mass is 19.4. The number of halogens is 5. The molecule has 12 heteroatoms. The molecule has 0 bridgehead atoms. The molecule has 4 N–H and O–H groups in total. The summed E-state index contributed by atoms with van der Waals surface area (Å²) in [6.45, 7) is 0. The van der Waals surface area contributed by atoms with Gasteiger partial charge in [-0.05, 0) is 36.8 Å². The predicted octanol–water partition coefficient (Wildman–Crippen LogP) is 3.40. The van der Waals surface area contributed by atoms with E-state index < -0.39 is 60.0 Å². The number of hydrogen-bond acceptors (Lipinski definition) is 4. The first kappa shape index (κ1) is 23.6. The van der Waals surface area contributed by atoms with E-state index in [2.05, 4.69) is 10.3 Å². The van der Waals surface area contributed by atoms with Crippen LogP contribution in [0.4, 0.5) is 22.0 Å². The smallest absolute Gasteiger partial charge is 0.391 e. The zero-order chi connectivity index (χ0) is 24.8. The van der Waals surface area contributed by atoms with Gasteiger partial charge < -0.3 is 16.2 Å². The van der Waals surface area contributed by atoms with E-state index in [1.807, 2.05) is 0 Å². The van der Waals surface area contributed by atoms with Crippen LogP contribution in [0.5, 0.6) is 0 Å². The number of nitrogens with one attached hydrogen (secondary N) is 1. The minimum Gasteiger partial charge on any atom is -0.391 e. The fourth-order valence-corrected chi connectivity index (χ4v) is 4.06. The first-order chi connectivity index (χ1) is 15.9. The van der Waals surface area contributed by atoms with Crippen molar-refractivity contribution in [3.8, 4) is 11.3 Å². The molecule has 0 aliphatic heterocycles. The molecule has 4 rings (SSSR count). The molecule has 2 amide bonds. The van der Waals surface area contributed by atoms with Gasteiger partial charge in [-0.2, -0.15) is 13.2 Å². The summed E-state index contributed by atoms with van der Waals surface area (Å²) in [5.41, 5.74) is 3.35. The van der Waals surface area contributed by atoms with Crippen molar-refractivity contribution in [2.24, 2.45) is 5.73 Å². The van der Waals surface area contributed by atoms with Crippen LogP contribution < -0.4 is 11.1 Å². The molecule has 34 heavy (non-hydrogen) atoms. The van der Waals surface area contributed by atoms with Crippen molar-refractivity contribution in [2.45, 2.75) is 43.5 Å². The van der Waals surface area contributed by atoms with Crippen LogP contribution in [0.1, 0.15) is 45.8 Å². The summed E-state index contributed by atoms with van der Waals surface area (Å²) in [6.07, 6.45) is -6.19. The van der Waals surface area contributed by atoms with Gasteiger partial charge in [-0.25, -0.2) is 13.8 Å². The highest BCUT2D eigenvalue weighted by Gasteiger charge is 2.42. The summed E-state index contributed by atoms with van der Waals surface area (Å²) in [4.78, 5) is 28.5. The van der Waals surface area contributed by atoms with Crippen LogP contribution in [-0.2, 0) is 6.18 Å². The molecule has 1 aliphatic rings. The highest BCUT2D eigenvalue weighted by molar-refractivity contribution is 5.98. The number of imidazole rings is 1. The fourth-order valence-electron chi connectivity index (χ4n) is 4.06. The van der Waals surface area contributed by atoms with Gasteiger partial charge in [-0.1, -0.05) is 6.07 Å². The molecule has 1 fully saturated rings. The lowest BCUT2D eigenvalue weighted by atomic mass is 9.89. The number of fused-ring (bicyclic) bond motifs is 1. The van der Waals surface area contributed by atoms with Gasteiger partial charge in [0.15, 0.2) is 0 Å². The third-order valence-corrected chi connectivity index (χ3v) is 5.72. The third kappa shape index (κ3) is 4.45. The van der Waals surface area contributed by atoms with Crippen LogP contribution >= 0.6 is 0 Å². The third-order valence-electron chi connectivity index (χ3n) is 5.72. The van der Waals surface area contributed by atoms with Gasteiger partial charge >= 0.3 is 6.18 Å². The molecule has 1 saturated carbocycles. The number of benzene rings is 1. The second kappa shape index (κ2) is 8.35. The summed E-state index contributed by atoms with van der Waals surface area (Å²) in [7, 11) is 0. The Morgan fingerprint density at radius 1 is 1.21 bits per heavy atom. The van der Waals surface area contributed by atoms with Crippen molar-refractivity contribution in [1.82, 2.24) is 14.7 Å². The zero-order valence-electron chi connectivity index (χ0n) is 17.4. The number of aliphatic hydroxyl groups excluding tert-OH is 1. The van der Waals surface area contributed by atoms with Crippen molar-refractivity contribution in [3.05, 3.63) is 59.5 Å². The maximum atomic E-state index is 13.8. The Kier molecular flexibility index (Phi) is 5.80. The van der Waals surface area contributed by atoms with Gasteiger partial charge in [0.2, 0.25) is 11.7 Å². The fraction of sp³-hybridized carbons (Fsp3) is 0.318. The van der Waals surface area contributed by atoms with Crippen LogP contribution in [0.15, 0.2) is 42.6 Å². The van der Waals surface area contributed by atoms with Crippen LogP contribution in [0.2, 0.25) is 0 Å². The van der Waals surface area contributed by atoms with E-state index in [1.54, 1.807) is 0 Å². The van der Waals surface area contributed by atoms with E-state index >= 15 is 0 Å².